The Hall–Kier alpha value is -3.83. The highest BCUT2D eigenvalue weighted by Gasteiger charge is 2.51. The van der Waals surface area contributed by atoms with Gasteiger partial charge in [-0.05, 0) is 51.8 Å². The summed E-state index contributed by atoms with van der Waals surface area (Å²) in [5.74, 6) is -2.78. The number of sulfonamides is 1. The number of carbonyl (C=O) groups is 2. The van der Waals surface area contributed by atoms with Crippen LogP contribution in [0.3, 0.4) is 0 Å². The SMILES string of the molecule is CCn1cc(S(=O)(=O)N2CC(CCC(C)C(=O)O)Oc3ccc(NC(=O)OC(C)(C)C(F)(F)F)cc32)c(OC(F)F)n1. The first-order valence-corrected chi connectivity index (χ1v) is 13.9. The standard InChI is InChI=1S/C24H29F5N4O8S/c1-5-32-12-18(19(31-32)40-21(25)26)42(37,38)33-11-15(8-6-13(2)20(34)35)39-17-9-7-14(10-16(17)33)30-22(36)41-23(3,4)24(27,28)29/h7,9-10,12-13,15,21H,5-6,8,11H2,1-4H3,(H,30,36)(H,34,35). The first-order valence-electron chi connectivity index (χ1n) is 12.5. The molecule has 0 spiro atoms. The van der Waals surface area contributed by atoms with Gasteiger partial charge in [0.15, 0.2) is 4.90 Å². The van der Waals surface area contributed by atoms with E-state index >= 15 is 0 Å². The Labute approximate surface area is 237 Å². The van der Waals surface area contributed by atoms with E-state index in [2.05, 4.69) is 19.9 Å². The highest BCUT2D eigenvalue weighted by Crippen LogP contribution is 2.41. The molecule has 1 amide bonds. The summed E-state index contributed by atoms with van der Waals surface area (Å²) in [6, 6.07) is 3.54. The van der Waals surface area contributed by atoms with Crippen LogP contribution in [0.5, 0.6) is 11.6 Å². The number of hydrogen-bond acceptors (Lipinski definition) is 8. The number of amides is 1. The number of benzene rings is 1. The van der Waals surface area contributed by atoms with E-state index in [1.807, 2.05) is 0 Å². The molecule has 234 valence electrons. The number of carboxylic acid groups (broad SMARTS) is 1. The Morgan fingerprint density at radius 2 is 1.93 bits per heavy atom. The molecule has 0 fully saturated rings. The van der Waals surface area contributed by atoms with Gasteiger partial charge >= 0.3 is 24.9 Å². The van der Waals surface area contributed by atoms with E-state index < -0.39 is 69.8 Å². The van der Waals surface area contributed by atoms with Gasteiger partial charge in [0.2, 0.25) is 5.60 Å². The molecule has 1 aliphatic rings. The van der Waals surface area contributed by atoms with Crippen molar-refractivity contribution in [2.45, 2.75) is 76.5 Å². The summed E-state index contributed by atoms with van der Waals surface area (Å²) in [5, 5.41) is 15.1. The maximum atomic E-state index is 13.9. The molecule has 2 atom stereocenters. The van der Waals surface area contributed by atoms with Crippen molar-refractivity contribution in [3.05, 3.63) is 24.4 Å². The maximum absolute atomic E-state index is 13.9. The molecule has 0 bridgehead atoms. The van der Waals surface area contributed by atoms with Gasteiger partial charge < -0.3 is 19.3 Å². The number of hydrogen-bond donors (Lipinski definition) is 2. The minimum atomic E-state index is -4.88. The van der Waals surface area contributed by atoms with Crippen LogP contribution in [0.4, 0.5) is 38.1 Å². The number of fused-ring (bicyclic) bond motifs is 1. The Morgan fingerprint density at radius 3 is 2.50 bits per heavy atom. The molecule has 18 heteroatoms. The molecule has 0 saturated heterocycles. The second-order valence-corrected chi connectivity index (χ2v) is 11.7. The summed E-state index contributed by atoms with van der Waals surface area (Å²) < 4.78 is 110. The van der Waals surface area contributed by atoms with Crippen molar-refractivity contribution < 1.29 is 59.3 Å². The van der Waals surface area contributed by atoms with Crippen molar-refractivity contribution in [2.24, 2.45) is 5.92 Å². The topological polar surface area (TPSA) is 149 Å². The average molecular weight is 629 g/mol. The Balaban J connectivity index is 2.02. The number of alkyl halides is 5. The minimum absolute atomic E-state index is 0.0495. The summed E-state index contributed by atoms with van der Waals surface area (Å²) >= 11 is 0. The van der Waals surface area contributed by atoms with Gasteiger partial charge in [0, 0.05) is 18.4 Å². The zero-order valence-electron chi connectivity index (χ0n) is 22.8. The predicted molar refractivity (Wildman–Crippen MR) is 136 cm³/mol. The molecule has 2 aromatic rings. The molecule has 42 heavy (non-hydrogen) atoms. The van der Waals surface area contributed by atoms with Crippen LogP contribution in [-0.2, 0) is 26.1 Å². The van der Waals surface area contributed by atoms with Crippen molar-refractivity contribution in [1.82, 2.24) is 9.78 Å². The molecule has 0 aliphatic carbocycles. The lowest BCUT2D eigenvalue weighted by atomic mass is 10.0. The van der Waals surface area contributed by atoms with Crippen molar-refractivity contribution >= 4 is 33.5 Å². The lowest BCUT2D eigenvalue weighted by Gasteiger charge is -2.36. The summed E-state index contributed by atoms with van der Waals surface area (Å²) in [5.41, 5.74) is -3.21. The van der Waals surface area contributed by atoms with Gasteiger partial charge in [-0.2, -0.15) is 22.0 Å². The molecule has 12 nitrogen and oxygen atoms in total. The van der Waals surface area contributed by atoms with E-state index in [0.717, 1.165) is 21.3 Å². The van der Waals surface area contributed by atoms with E-state index in [1.54, 1.807) is 6.92 Å². The first kappa shape index (κ1) is 32.7. The van der Waals surface area contributed by atoms with E-state index in [9.17, 15) is 45.1 Å². The smallest absolute Gasteiger partial charge is 0.427 e. The van der Waals surface area contributed by atoms with Crippen LogP contribution in [0, 0.1) is 5.92 Å². The maximum Gasteiger partial charge on any atom is 0.427 e. The van der Waals surface area contributed by atoms with Gasteiger partial charge in [-0.1, -0.05) is 6.92 Å². The van der Waals surface area contributed by atoms with Crippen molar-refractivity contribution in [2.75, 3.05) is 16.2 Å². The fraction of sp³-hybridized carbons (Fsp3) is 0.542. The second kappa shape index (κ2) is 12.2. The molecule has 1 aliphatic heterocycles. The van der Waals surface area contributed by atoms with Gasteiger partial charge in [0.25, 0.3) is 15.9 Å². The molecule has 1 aromatic carbocycles. The van der Waals surface area contributed by atoms with E-state index in [-0.39, 0.29) is 36.5 Å². The third-order valence-electron chi connectivity index (χ3n) is 6.30. The Kier molecular flexibility index (Phi) is 9.48. The lowest BCUT2D eigenvalue weighted by molar-refractivity contribution is -0.242. The molecule has 1 aromatic heterocycles. The van der Waals surface area contributed by atoms with Crippen LogP contribution in [-0.4, -0.2) is 66.4 Å². The van der Waals surface area contributed by atoms with E-state index in [4.69, 9.17) is 4.74 Å². The predicted octanol–water partition coefficient (Wildman–Crippen LogP) is 4.85. The number of aliphatic carboxylic acids is 1. The Bertz CT molecular complexity index is 1410. The normalized spacial score (nSPS) is 16.4. The largest absolute Gasteiger partial charge is 0.486 e. The van der Waals surface area contributed by atoms with Gasteiger partial charge in [0.05, 0.1) is 18.2 Å². The number of aromatic nitrogens is 2. The van der Waals surface area contributed by atoms with Crippen LogP contribution in [0.25, 0.3) is 0 Å². The Morgan fingerprint density at radius 1 is 1.26 bits per heavy atom. The van der Waals surface area contributed by atoms with E-state index in [1.165, 1.54) is 19.1 Å². The zero-order chi connectivity index (χ0) is 31.6. The monoisotopic (exact) mass is 628 g/mol. The molecule has 2 heterocycles. The van der Waals surface area contributed by atoms with Crippen molar-refractivity contribution in [3.8, 4) is 11.6 Å². The highest BCUT2D eigenvalue weighted by atomic mass is 32.2. The van der Waals surface area contributed by atoms with Crippen LogP contribution in [0.2, 0.25) is 0 Å². The number of aryl methyl sites for hydroxylation is 1. The molecule has 3 rings (SSSR count). The third kappa shape index (κ3) is 7.32. The summed E-state index contributed by atoms with van der Waals surface area (Å²) in [6.45, 7) is 0.611. The summed E-state index contributed by atoms with van der Waals surface area (Å²) in [6.07, 6.45) is -6.06. The first-order chi connectivity index (χ1) is 19.4. The minimum Gasteiger partial charge on any atom is -0.486 e. The van der Waals surface area contributed by atoms with E-state index in [0.29, 0.717) is 13.8 Å². The number of rotatable bonds is 11. The second-order valence-electron chi connectivity index (χ2n) is 9.83. The number of nitrogens with zero attached hydrogens (tertiary/aromatic N) is 3. The van der Waals surface area contributed by atoms with Gasteiger partial charge in [0.1, 0.15) is 11.9 Å². The van der Waals surface area contributed by atoms with Crippen LogP contribution < -0.4 is 19.1 Å². The van der Waals surface area contributed by atoms with Crippen LogP contribution in [0.1, 0.15) is 40.5 Å². The van der Waals surface area contributed by atoms with Gasteiger partial charge in [-0.3, -0.25) is 19.1 Å². The van der Waals surface area contributed by atoms with Crippen LogP contribution >= 0.6 is 0 Å². The number of nitrogens with one attached hydrogen (secondary N) is 1. The number of carboxylic acids is 1. The van der Waals surface area contributed by atoms with Crippen LogP contribution in [0.15, 0.2) is 29.3 Å². The third-order valence-corrected chi connectivity index (χ3v) is 8.06. The zero-order valence-corrected chi connectivity index (χ0v) is 23.6. The van der Waals surface area contributed by atoms with Gasteiger partial charge in [-0.25, -0.2) is 13.2 Å². The fourth-order valence-electron chi connectivity index (χ4n) is 3.77. The van der Waals surface area contributed by atoms with Crippen molar-refractivity contribution in [3.63, 3.8) is 0 Å². The summed E-state index contributed by atoms with van der Waals surface area (Å²) in [4.78, 5) is 22.8. The lowest BCUT2D eigenvalue weighted by Crippen LogP contribution is -2.44. The number of anilines is 2. The highest BCUT2D eigenvalue weighted by molar-refractivity contribution is 7.93. The molecular formula is C24H29F5N4O8S. The molecule has 0 saturated carbocycles. The molecular weight excluding hydrogens is 599 g/mol. The summed E-state index contributed by atoms with van der Waals surface area (Å²) in [7, 11) is -4.72. The van der Waals surface area contributed by atoms with Gasteiger partial charge in [-0.15, -0.1) is 5.10 Å². The number of halogens is 5. The quantitative estimate of drug-likeness (QED) is 0.333. The number of ether oxygens (including phenoxy) is 3. The average Bonchev–Trinajstić information content (AvgIpc) is 3.28. The molecule has 2 unspecified atom stereocenters. The fourth-order valence-corrected chi connectivity index (χ4v) is 5.34. The molecule has 0 radical (unpaired) electrons. The number of carbonyl (C=O) groups excluding carboxylic acids is 1. The molecule has 2 N–H and O–H groups in total. The van der Waals surface area contributed by atoms with Crippen molar-refractivity contribution in [1.29, 1.82) is 0 Å².